The van der Waals surface area contributed by atoms with Crippen LogP contribution in [-0.2, 0) is 0 Å². The van der Waals surface area contributed by atoms with Gasteiger partial charge >= 0.3 is 0 Å². The number of benzene rings is 1. The Morgan fingerprint density at radius 1 is 1.50 bits per heavy atom. The first kappa shape index (κ1) is 13.0. The van der Waals surface area contributed by atoms with Crippen molar-refractivity contribution in [1.82, 2.24) is 5.32 Å². The Labute approximate surface area is 99.8 Å². The van der Waals surface area contributed by atoms with Gasteiger partial charge in [0.15, 0.2) is 0 Å². The number of hydrogen-bond donors (Lipinski definition) is 1. The van der Waals surface area contributed by atoms with E-state index < -0.39 is 11.7 Å². The minimum absolute atomic E-state index is 0.0194. The fourth-order valence-corrected chi connectivity index (χ4v) is 1.31. The molecule has 0 aromatic heterocycles. The van der Waals surface area contributed by atoms with Crippen LogP contribution in [0.25, 0.3) is 0 Å². The standard InChI is InChI=1S/C12H15ClFNO/c1-4-12(2,3)15-11(16)9-7-8(13)5-6-10(9)14/h5-7H,4H2,1-3H3,(H,15,16). The minimum atomic E-state index is -0.561. The van der Waals surface area contributed by atoms with Gasteiger partial charge in [-0.25, -0.2) is 4.39 Å². The maximum atomic E-state index is 13.4. The van der Waals surface area contributed by atoms with Crippen molar-refractivity contribution < 1.29 is 9.18 Å². The van der Waals surface area contributed by atoms with Gasteiger partial charge in [-0.15, -0.1) is 0 Å². The van der Waals surface area contributed by atoms with Gasteiger partial charge in [0.25, 0.3) is 5.91 Å². The van der Waals surface area contributed by atoms with Crippen LogP contribution in [0.5, 0.6) is 0 Å². The average Bonchev–Trinajstić information content (AvgIpc) is 2.21. The molecule has 0 bridgehead atoms. The molecule has 0 spiro atoms. The van der Waals surface area contributed by atoms with Gasteiger partial charge < -0.3 is 5.32 Å². The zero-order valence-corrected chi connectivity index (χ0v) is 10.4. The summed E-state index contributed by atoms with van der Waals surface area (Å²) in [6.45, 7) is 5.72. The molecule has 0 radical (unpaired) electrons. The molecule has 4 heteroatoms. The summed E-state index contributed by atoms with van der Waals surface area (Å²) in [5.41, 5.74) is -0.375. The number of nitrogens with one attached hydrogen (secondary N) is 1. The summed E-state index contributed by atoms with van der Waals surface area (Å²) in [5.74, 6) is -0.999. The predicted octanol–water partition coefficient (Wildman–Crippen LogP) is 3.40. The van der Waals surface area contributed by atoms with E-state index in [9.17, 15) is 9.18 Å². The number of rotatable bonds is 3. The highest BCUT2D eigenvalue weighted by Crippen LogP contribution is 2.16. The first-order chi connectivity index (χ1) is 7.35. The molecule has 0 atom stereocenters. The second kappa shape index (κ2) is 4.83. The van der Waals surface area contributed by atoms with E-state index in [0.29, 0.717) is 5.02 Å². The van der Waals surface area contributed by atoms with Crippen molar-refractivity contribution >= 4 is 17.5 Å². The fourth-order valence-electron chi connectivity index (χ4n) is 1.13. The van der Waals surface area contributed by atoms with Crippen molar-refractivity contribution in [2.45, 2.75) is 32.7 Å². The molecule has 88 valence electrons. The highest BCUT2D eigenvalue weighted by Gasteiger charge is 2.20. The van der Waals surface area contributed by atoms with Gasteiger partial charge in [0.2, 0.25) is 0 Å². The van der Waals surface area contributed by atoms with E-state index in [2.05, 4.69) is 5.32 Å². The first-order valence-electron chi connectivity index (χ1n) is 5.13. The van der Waals surface area contributed by atoms with Gasteiger partial charge in [-0.05, 0) is 38.5 Å². The number of hydrogen-bond acceptors (Lipinski definition) is 1. The maximum Gasteiger partial charge on any atom is 0.254 e. The number of carbonyl (C=O) groups excluding carboxylic acids is 1. The van der Waals surface area contributed by atoms with Crippen LogP contribution in [0.4, 0.5) is 4.39 Å². The predicted molar refractivity (Wildman–Crippen MR) is 63.2 cm³/mol. The lowest BCUT2D eigenvalue weighted by atomic mass is 10.0. The van der Waals surface area contributed by atoms with Crippen molar-refractivity contribution in [3.05, 3.63) is 34.6 Å². The third-order valence-electron chi connectivity index (χ3n) is 2.51. The molecule has 1 rings (SSSR count). The third-order valence-corrected chi connectivity index (χ3v) is 2.74. The van der Waals surface area contributed by atoms with Gasteiger partial charge in [0, 0.05) is 10.6 Å². The molecule has 16 heavy (non-hydrogen) atoms. The van der Waals surface area contributed by atoms with Crippen molar-refractivity contribution in [1.29, 1.82) is 0 Å². The van der Waals surface area contributed by atoms with Gasteiger partial charge in [-0.1, -0.05) is 18.5 Å². The zero-order valence-electron chi connectivity index (χ0n) is 9.60. The normalized spacial score (nSPS) is 11.3. The summed E-state index contributed by atoms with van der Waals surface area (Å²) in [5, 5.41) is 3.10. The summed E-state index contributed by atoms with van der Waals surface area (Å²) in [6, 6.07) is 3.94. The van der Waals surface area contributed by atoms with E-state index in [0.717, 1.165) is 6.42 Å². The molecular formula is C12H15ClFNO. The van der Waals surface area contributed by atoms with Crippen molar-refractivity contribution in [3.8, 4) is 0 Å². The van der Waals surface area contributed by atoms with Gasteiger partial charge in [0.05, 0.1) is 5.56 Å². The molecule has 0 heterocycles. The Morgan fingerprint density at radius 2 is 2.12 bits per heavy atom. The molecule has 1 N–H and O–H groups in total. The molecule has 2 nitrogen and oxygen atoms in total. The summed E-state index contributed by atoms with van der Waals surface area (Å²) >= 11 is 5.72. The zero-order chi connectivity index (χ0) is 12.3. The molecule has 0 saturated heterocycles. The van der Waals surface area contributed by atoms with Crippen molar-refractivity contribution in [2.75, 3.05) is 0 Å². The van der Waals surface area contributed by atoms with Crippen LogP contribution in [0.15, 0.2) is 18.2 Å². The smallest absolute Gasteiger partial charge is 0.254 e. The molecule has 0 fully saturated rings. The number of amides is 1. The quantitative estimate of drug-likeness (QED) is 0.866. The highest BCUT2D eigenvalue weighted by molar-refractivity contribution is 6.31. The largest absolute Gasteiger partial charge is 0.347 e. The molecule has 0 aliphatic heterocycles. The molecule has 1 aromatic rings. The summed E-state index contributed by atoms with van der Waals surface area (Å²) < 4.78 is 13.4. The molecule has 0 saturated carbocycles. The Hall–Kier alpha value is -1.09. The number of carbonyl (C=O) groups is 1. The van der Waals surface area contributed by atoms with Crippen LogP contribution >= 0.6 is 11.6 Å². The molecule has 1 amide bonds. The monoisotopic (exact) mass is 243 g/mol. The minimum Gasteiger partial charge on any atom is -0.347 e. The molecule has 0 unspecified atom stereocenters. The van der Waals surface area contributed by atoms with E-state index >= 15 is 0 Å². The van der Waals surface area contributed by atoms with Crippen LogP contribution < -0.4 is 5.32 Å². The SMILES string of the molecule is CCC(C)(C)NC(=O)c1cc(Cl)ccc1F. The van der Waals surface area contributed by atoms with E-state index in [1.165, 1.54) is 18.2 Å². The third kappa shape index (κ3) is 3.20. The summed E-state index contributed by atoms with van der Waals surface area (Å²) in [7, 11) is 0. The van der Waals surface area contributed by atoms with E-state index in [1.54, 1.807) is 0 Å². The van der Waals surface area contributed by atoms with Crippen molar-refractivity contribution in [3.63, 3.8) is 0 Å². The van der Waals surface area contributed by atoms with E-state index in [4.69, 9.17) is 11.6 Å². The van der Waals surface area contributed by atoms with Crippen LogP contribution in [-0.4, -0.2) is 11.4 Å². The maximum absolute atomic E-state index is 13.4. The second-order valence-electron chi connectivity index (χ2n) is 4.32. The summed E-state index contributed by atoms with van der Waals surface area (Å²) in [6.07, 6.45) is 0.765. The van der Waals surface area contributed by atoms with Gasteiger partial charge in [0.1, 0.15) is 5.82 Å². The van der Waals surface area contributed by atoms with Gasteiger partial charge in [-0.3, -0.25) is 4.79 Å². The van der Waals surface area contributed by atoms with Gasteiger partial charge in [-0.2, -0.15) is 0 Å². The average molecular weight is 244 g/mol. The van der Waals surface area contributed by atoms with E-state index in [1.807, 2.05) is 20.8 Å². The van der Waals surface area contributed by atoms with E-state index in [-0.39, 0.29) is 11.1 Å². The Balaban J connectivity index is 2.93. The molecule has 1 aromatic carbocycles. The summed E-state index contributed by atoms with van der Waals surface area (Å²) in [4.78, 5) is 11.8. The Bertz CT molecular complexity index is 404. The Morgan fingerprint density at radius 3 is 2.69 bits per heavy atom. The van der Waals surface area contributed by atoms with Crippen LogP contribution in [0.3, 0.4) is 0 Å². The lowest BCUT2D eigenvalue weighted by Crippen LogP contribution is -2.43. The van der Waals surface area contributed by atoms with Crippen LogP contribution in [0, 0.1) is 5.82 Å². The molecule has 0 aliphatic carbocycles. The number of halogens is 2. The van der Waals surface area contributed by atoms with Crippen LogP contribution in [0.1, 0.15) is 37.6 Å². The fraction of sp³-hybridized carbons (Fsp3) is 0.417. The highest BCUT2D eigenvalue weighted by atomic mass is 35.5. The first-order valence-corrected chi connectivity index (χ1v) is 5.51. The molecule has 0 aliphatic rings. The van der Waals surface area contributed by atoms with Crippen LogP contribution in [0.2, 0.25) is 5.02 Å². The lowest BCUT2D eigenvalue weighted by molar-refractivity contribution is 0.0907. The van der Waals surface area contributed by atoms with Crippen molar-refractivity contribution in [2.24, 2.45) is 0 Å². The topological polar surface area (TPSA) is 29.1 Å². The second-order valence-corrected chi connectivity index (χ2v) is 4.75. The molecular weight excluding hydrogens is 229 g/mol. The lowest BCUT2D eigenvalue weighted by Gasteiger charge is -2.24. The Kier molecular flexibility index (Phi) is 3.92.